The molecule has 3 N–H and O–H groups in total. The molecule has 2 aliphatic carbocycles. The van der Waals surface area contributed by atoms with Crippen molar-refractivity contribution in [2.75, 3.05) is 18.4 Å². The minimum Gasteiger partial charge on any atom is -0.369 e. The quantitative estimate of drug-likeness (QED) is 0.879. The Hall–Kier alpha value is -0.550. The summed E-state index contributed by atoms with van der Waals surface area (Å²) in [6.45, 7) is 1.68. The third-order valence-corrected chi connectivity index (χ3v) is 6.14. The van der Waals surface area contributed by atoms with Crippen LogP contribution in [0.3, 0.4) is 0 Å². The average Bonchev–Trinajstić information content (AvgIpc) is 3.12. The van der Waals surface area contributed by atoms with Gasteiger partial charge in [-0.15, -0.1) is 0 Å². The van der Waals surface area contributed by atoms with Crippen molar-refractivity contribution in [2.45, 2.75) is 44.1 Å². The van der Waals surface area contributed by atoms with Crippen molar-refractivity contribution in [3.05, 3.63) is 10.2 Å². The van der Waals surface area contributed by atoms with E-state index in [2.05, 4.69) is 25.9 Å². The normalized spacial score (nSPS) is 36.3. The maximum absolute atomic E-state index is 5.89. The van der Waals surface area contributed by atoms with Gasteiger partial charge in [-0.25, -0.2) is 4.68 Å². The number of nitrogens with two attached hydrogens (primary N) is 1. The molecule has 1 aromatic rings. The number of nitrogens with one attached hydrogen (secondary N) is 1. The zero-order valence-corrected chi connectivity index (χ0v) is 12.7. The molecule has 0 spiro atoms. The Morgan fingerprint density at radius 3 is 2.89 bits per heavy atom. The van der Waals surface area contributed by atoms with Crippen LogP contribution in [0.5, 0.6) is 0 Å². The van der Waals surface area contributed by atoms with Crippen molar-refractivity contribution in [2.24, 2.45) is 17.6 Å². The maximum Gasteiger partial charge on any atom is 0.139 e. The van der Waals surface area contributed by atoms with Gasteiger partial charge in [0.15, 0.2) is 0 Å². The van der Waals surface area contributed by atoms with Crippen LogP contribution in [-0.2, 0) is 0 Å². The Kier molecular flexibility index (Phi) is 2.88. The molecule has 5 heteroatoms. The molecule has 0 aromatic carbocycles. The first-order chi connectivity index (χ1) is 9.28. The highest BCUT2D eigenvalue weighted by Gasteiger charge is 2.43. The molecular weight excluding hydrogens is 304 g/mol. The third kappa shape index (κ3) is 1.77. The van der Waals surface area contributed by atoms with Gasteiger partial charge in [0, 0.05) is 19.0 Å². The van der Waals surface area contributed by atoms with Gasteiger partial charge in [-0.3, -0.25) is 0 Å². The van der Waals surface area contributed by atoms with Gasteiger partial charge in [0.05, 0.1) is 16.2 Å². The smallest absolute Gasteiger partial charge is 0.139 e. The van der Waals surface area contributed by atoms with E-state index in [1.165, 1.54) is 35.8 Å². The molecule has 104 valence electrons. The van der Waals surface area contributed by atoms with Crippen LogP contribution in [0.15, 0.2) is 4.47 Å². The molecule has 4 nitrogen and oxygen atoms in total. The molecule has 0 radical (unpaired) electrons. The molecule has 4 unspecified atom stereocenters. The summed E-state index contributed by atoms with van der Waals surface area (Å²) in [5, 5.41) is 8.41. The number of halogens is 1. The predicted octanol–water partition coefficient (Wildman–Crippen LogP) is 2.86. The molecule has 1 aliphatic heterocycles. The van der Waals surface area contributed by atoms with E-state index in [9.17, 15) is 0 Å². The fourth-order valence-corrected chi connectivity index (χ4v) is 5.06. The SMILES string of the molecule is NCC1CCNc2c(Br)c(C3CC4CCC3C4)nn21. The van der Waals surface area contributed by atoms with Crippen LogP contribution in [0.25, 0.3) is 0 Å². The topological polar surface area (TPSA) is 55.9 Å². The van der Waals surface area contributed by atoms with Crippen molar-refractivity contribution >= 4 is 21.7 Å². The van der Waals surface area contributed by atoms with E-state index in [0.29, 0.717) is 18.5 Å². The van der Waals surface area contributed by atoms with Crippen molar-refractivity contribution in [1.82, 2.24) is 9.78 Å². The maximum atomic E-state index is 5.89. The summed E-state index contributed by atoms with van der Waals surface area (Å²) in [5.74, 6) is 3.65. The second kappa shape index (κ2) is 4.48. The van der Waals surface area contributed by atoms with E-state index in [1.54, 1.807) is 0 Å². The van der Waals surface area contributed by atoms with Gasteiger partial charge in [0.25, 0.3) is 0 Å². The molecule has 3 aliphatic rings. The fraction of sp³-hybridized carbons (Fsp3) is 0.786. The van der Waals surface area contributed by atoms with Gasteiger partial charge < -0.3 is 11.1 Å². The highest BCUT2D eigenvalue weighted by Crippen LogP contribution is 2.54. The lowest BCUT2D eigenvalue weighted by molar-refractivity contribution is 0.391. The van der Waals surface area contributed by atoms with Gasteiger partial charge in [-0.05, 0) is 53.4 Å². The van der Waals surface area contributed by atoms with Crippen LogP contribution in [0.2, 0.25) is 0 Å². The Morgan fingerprint density at radius 2 is 2.21 bits per heavy atom. The van der Waals surface area contributed by atoms with Crippen molar-refractivity contribution < 1.29 is 0 Å². The van der Waals surface area contributed by atoms with Crippen LogP contribution < -0.4 is 11.1 Å². The highest BCUT2D eigenvalue weighted by molar-refractivity contribution is 9.10. The largest absolute Gasteiger partial charge is 0.369 e. The van der Waals surface area contributed by atoms with Crippen molar-refractivity contribution in [3.63, 3.8) is 0 Å². The van der Waals surface area contributed by atoms with Gasteiger partial charge in [0.1, 0.15) is 5.82 Å². The summed E-state index contributed by atoms with van der Waals surface area (Å²) in [7, 11) is 0. The number of nitrogens with zero attached hydrogens (tertiary/aromatic N) is 2. The van der Waals surface area contributed by atoms with Crippen LogP contribution >= 0.6 is 15.9 Å². The number of hydrogen-bond acceptors (Lipinski definition) is 3. The van der Waals surface area contributed by atoms with Crippen LogP contribution in [0, 0.1) is 11.8 Å². The number of fused-ring (bicyclic) bond motifs is 3. The molecule has 4 rings (SSSR count). The van der Waals surface area contributed by atoms with E-state index in [0.717, 1.165) is 30.6 Å². The molecule has 2 fully saturated rings. The summed E-state index contributed by atoms with van der Waals surface area (Å²) < 4.78 is 3.33. The first-order valence-electron chi connectivity index (χ1n) is 7.49. The lowest BCUT2D eigenvalue weighted by Crippen LogP contribution is -2.29. The molecule has 2 heterocycles. The minimum atomic E-state index is 0.361. The zero-order valence-electron chi connectivity index (χ0n) is 11.1. The van der Waals surface area contributed by atoms with E-state index in [-0.39, 0.29) is 0 Å². The predicted molar refractivity (Wildman–Crippen MR) is 79.3 cm³/mol. The Morgan fingerprint density at radius 1 is 1.32 bits per heavy atom. The summed E-state index contributed by atoms with van der Waals surface area (Å²) in [4.78, 5) is 0. The van der Waals surface area contributed by atoms with Gasteiger partial charge in [-0.1, -0.05) is 6.42 Å². The van der Waals surface area contributed by atoms with Crippen molar-refractivity contribution in [3.8, 4) is 0 Å². The molecule has 2 bridgehead atoms. The summed E-state index contributed by atoms with van der Waals surface area (Å²) in [5.41, 5.74) is 7.17. The number of hydrogen-bond donors (Lipinski definition) is 2. The molecule has 2 saturated carbocycles. The first-order valence-corrected chi connectivity index (χ1v) is 8.29. The van der Waals surface area contributed by atoms with Crippen LogP contribution in [0.4, 0.5) is 5.82 Å². The van der Waals surface area contributed by atoms with Crippen LogP contribution in [0.1, 0.15) is 49.8 Å². The molecule has 4 atom stereocenters. The Balaban J connectivity index is 1.72. The number of rotatable bonds is 2. The van der Waals surface area contributed by atoms with E-state index >= 15 is 0 Å². The lowest BCUT2D eigenvalue weighted by Gasteiger charge is -2.24. The standard InChI is InChI=1S/C14H21BrN4/c15-12-13(11-6-8-1-2-9(11)5-8)18-19-10(7-16)3-4-17-14(12)19/h8-11,17H,1-7,16H2. The third-order valence-electron chi connectivity index (χ3n) is 5.35. The minimum absolute atomic E-state index is 0.361. The van der Waals surface area contributed by atoms with Gasteiger partial charge in [0.2, 0.25) is 0 Å². The van der Waals surface area contributed by atoms with Gasteiger partial charge in [-0.2, -0.15) is 5.10 Å². The average molecular weight is 325 g/mol. The van der Waals surface area contributed by atoms with E-state index in [1.807, 2.05) is 0 Å². The lowest BCUT2D eigenvalue weighted by atomic mass is 9.86. The first kappa shape index (κ1) is 12.2. The monoisotopic (exact) mass is 324 g/mol. The fourth-order valence-electron chi connectivity index (χ4n) is 4.37. The molecule has 1 aromatic heterocycles. The highest BCUT2D eigenvalue weighted by atomic mass is 79.9. The number of aromatic nitrogens is 2. The van der Waals surface area contributed by atoms with E-state index in [4.69, 9.17) is 10.8 Å². The molecule has 19 heavy (non-hydrogen) atoms. The summed E-state index contributed by atoms with van der Waals surface area (Å²) >= 11 is 3.79. The second-order valence-electron chi connectivity index (χ2n) is 6.38. The molecule has 0 saturated heterocycles. The summed E-state index contributed by atoms with van der Waals surface area (Å²) in [6.07, 6.45) is 6.68. The Bertz CT molecular complexity index is 498. The molecular formula is C14H21BrN4. The second-order valence-corrected chi connectivity index (χ2v) is 7.17. The van der Waals surface area contributed by atoms with Crippen LogP contribution in [-0.4, -0.2) is 22.9 Å². The van der Waals surface area contributed by atoms with Gasteiger partial charge >= 0.3 is 0 Å². The number of anilines is 1. The Labute approximate surface area is 122 Å². The zero-order chi connectivity index (χ0) is 13.0. The summed E-state index contributed by atoms with van der Waals surface area (Å²) in [6, 6.07) is 0.361. The van der Waals surface area contributed by atoms with E-state index < -0.39 is 0 Å². The molecule has 0 amide bonds. The van der Waals surface area contributed by atoms with Crippen molar-refractivity contribution in [1.29, 1.82) is 0 Å².